The number of methoxy groups -OCH3 is 1. The number of ether oxygens (including phenoxy) is 1. The van der Waals surface area contributed by atoms with Crippen molar-refractivity contribution in [1.29, 1.82) is 0 Å². The molecule has 0 unspecified atom stereocenters. The van der Waals surface area contributed by atoms with Crippen molar-refractivity contribution < 1.29 is 22.7 Å². The highest BCUT2D eigenvalue weighted by Crippen LogP contribution is 2.25. The van der Waals surface area contributed by atoms with Crippen LogP contribution in [0.1, 0.15) is 28.4 Å². The zero-order valence-electron chi connectivity index (χ0n) is 19.2. The molecule has 0 aliphatic carbocycles. The SMILES string of the molecule is COc1ccc(CCNC(=O)c2ccccc2NS(=O)(=O)c2cc(NC(C)=O)ccc2C)cc1. The lowest BCUT2D eigenvalue weighted by Crippen LogP contribution is -2.27. The number of sulfonamides is 1. The molecule has 9 heteroatoms. The smallest absolute Gasteiger partial charge is 0.262 e. The van der Waals surface area contributed by atoms with Crippen molar-refractivity contribution in [2.45, 2.75) is 25.2 Å². The number of hydrogen-bond acceptors (Lipinski definition) is 5. The normalized spacial score (nSPS) is 10.9. The van der Waals surface area contributed by atoms with Crippen LogP contribution >= 0.6 is 0 Å². The molecule has 3 aromatic rings. The third kappa shape index (κ3) is 6.35. The van der Waals surface area contributed by atoms with Gasteiger partial charge in [0.2, 0.25) is 5.91 Å². The van der Waals surface area contributed by atoms with Crippen molar-refractivity contribution >= 4 is 33.2 Å². The quantitative estimate of drug-likeness (QED) is 0.431. The van der Waals surface area contributed by atoms with E-state index in [1.165, 1.54) is 19.1 Å². The van der Waals surface area contributed by atoms with Gasteiger partial charge in [-0.2, -0.15) is 0 Å². The molecule has 0 atom stereocenters. The Hall–Kier alpha value is -3.85. The summed E-state index contributed by atoms with van der Waals surface area (Å²) in [6.07, 6.45) is 0.610. The Bertz CT molecular complexity index is 1290. The Morgan fingerprint density at radius 1 is 0.971 bits per heavy atom. The van der Waals surface area contributed by atoms with E-state index in [1.54, 1.807) is 44.4 Å². The van der Waals surface area contributed by atoms with Crippen LogP contribution in [0.25, 0.3) is 0 Å². The Morgan fingerprint density at radius 3 is 2.35 bits per heavy atom. The molecule has 0 saturated carbocycles. The second-order valence-electron chi connectivity index (χ2n) is 7.67. The zero-order chi connectivity index (χ0) is 24.7. The number of benzene rings is 3. The summed E-state index contributed by atoms with van der Waals surface area (Å²) in [7, 11) is -2.42. The zero-order valence-corrected chi connectivity index (χ0v) is 20.0. The number of carbonyl (C=O) groups is 2. The first-order chi connectivity index (χ1) is 16.2. The van der Waals surface area contributed by atoms with Gasteiger partial charge in [-0.25, -0.2) is 8.42 Å². The van der Waals surface area contributed by atoms with Gasteiger partial charge < -0.3 is 15.4 Å². The minimum Gasteiger partial charge on any atom is -0.497 e. The van der Waals surface area contributed by atoms with Gasteiger partial charge in [0.05, 0.1) is 23.3 Å². The molecule has 0 aromatic heterocycles. The number of amides is 2. The molecule has 0 radical (unpaired) electrons. The van der Waals surface area contributed by atoms with Gasteiger partial charge in [-0.3, -0.25) is 14.3 Å². The second-order valence-corrected chi connectivity index (χ2v) is 9.32. The molecule has 3 rings (SSSR count). The molecule has 0 aliphatic heterocycles. The van der Waals surface area contributed by atoms with Crippen LogP contribution in [0.15, 0.2) is 71.6 Å². The fraction of sp³-hybridized carbons (Fsp3) is 0.200. The van der Waals surface area contributed by atoms with E-state index in [1.807, 2.05) is 24.3 Å². The molecule has 0 saturated heterocycles. The van der Waals surface area contributed by atoms with E-state index in [2.05, 4.69) is 15.4 Å². The lowest BCUT2D eigenvalue weighted by atomic mass is 10.1. The molecular weight excluding hydrogens is 454 g/mol. The van der Waals surface area contributed by atoms with Crippen molar-refractivity contribution in [2.24, 2.45) is 0 Å². The van der Waals surface area contributed by atoms with Gasteiger partial charge in [0.25, 0.3) is 15.9 Å². The molecular formula is C25H27N3O5S. The maximum absolute atomic E-state index is 13.1. The summed E-state index contributed by atoms with van der Waals surface area (Å²) in [5.41, 5.74) is 2.26. The Morgan fingerprint density at radius 2 is 1.68 bits per heavy atom. The first kappa shape index (κ1) is 24.8. The first-order valence-electron chi connectivity index (χ1n) is 10.6. The lowest BCUT2D eigenvalue weighted by molar-refractivity contribution is -0.114. The van der Waals surface area contributed by atoms with Crippen molar-refractivity contribution in [3.8, 4) is 5.75 Å². The van der Waals surface area contributed by atoms with Crippen LogP contribution in [0.4, 0.5) is 11.4 Å². The fourth-order valence-electron chi connectivity index (χ4n) is 3.35. The van der Waals surface area contributed by atoms with Crippen LogP contribution in [0.5, 0.6) is 5.75 Å². The van der Waals surface area contributed by atoms with Gasteiger partial charge in [0.1, 0.15) is 5.75 Å². The monoisotopic (exact) mass is 481 g/mol. The maximum Gasteiger partial charge on any atom is 0.262 e. The van der Waals surface area contributed by atoms with E-state index in [4.69, 9.17) is 4.74 Å². The molecule has 178 valence electrons. The predicted molar refractivity (Wildman–Crippen MR) is 132 cm³/mol. The number of rotatable bonds is 9. The summed E-state index contributed by atoms with van der Waals surface area (Å²) in [6.45, 7) is 3.38. The van der Waals surface area contributed by atoms with Crippen LogP contribution in [0.2, 0.25) is 0 Å². The van der Waals surface area contributed by atoms with Gasteiger partial charge in [-0.05, 0) is 60.9 Å². The average molecular weight is 482 g/mol. The number of nitrogens with one attached hydrogen (secondary N) is 3. The average Bonchev–Trinajstić information content (AvgIpc) is 2.80. The van der Waals surface area contributed by atoms with Crippen molar-refractivity contribution in [2.75, 3.05) is 23.7 Å². The van der Waals surface area contributed by atoms with Crippen LogP contribution in [0, 0.1) is 6.92 Å². The molecule has 0 aliphatic rings. The van der Waals surface area contributed by atoms with Crippen molar-refractivity contribution in [1.82, 2.24) is 5.32 Å². The predicted octanol–water partition coefficient (Wildman–Crippen LogP) is 3.74. The van der Waals surface area contributed by atoms with Gasteiger partial charge >= 0.3 is 0 Å². The number of aryl methyl sites for hydroxylation is 1. The number of carbonyl (C=O) groups excluding carboxylic acids is 2. The summed E-state index contributed by atoms with van der Waals surface area (Å²) < 4.78 is 33.9. The fourth-order valence-corrected chi connectivity index (χ4v) is 4.70. The molecule has 2 amide bonds. The minimum atomic E-state index is -4.02. The topological polar surface area (TPSA) is 114 Å². The van der Waals surface area contributed by atoms with Crippen molar-refractivity contribution in [3.05, 3.63) is 83.4 Å². The summed E-state index contributed by atoms with van der Waals surface area (Å²) in [5.74, 6) is 0.0548. The largest absolute Gasteiger partial charge is 0.497 e. The first-order valence-corrected chi connectivity index (χ1v) is 12.1. The molecule has 3 N–H and O–H groups in total. The molecule has 8 nitrogen and oxygen atoms in total. The third-order valence-electron chi connectivity index (χ3n) is 5.07. The number of anilines is 2. The molecule has 3 aromatic carbocycles. The number of hydrogen-bond donors (Lipinski definition) is 3. The Balaban J connectivity index is 1.74. The summed E-state index contributed by atoms with van der Waals surface area (Å²) in [6, 6.07) is 18.6. The molecule has 0 bridgehead atoms. The summed E-state index contributed by atoms with van der Waals surface area (Å²) in [5, 5.41) is 5.41. The molecule has 0 heterocycles. The van der Waals surface area contributed by atoms with Crippen molar-refractivity contribution in [3.63, 3.8) is 0 Å². The van der Waals surface area contributed by atoms with Crippen LogP contribution in [-0.4, -0.2) is 33.9 Å². The van der Waals surface area contributed by atoms with E-state index >= 15 is 0 Å². The number of para-hydroxylation sites is 1. The maximum atomic E-state index is 13.1. The summed E-state index contributed by atoms with van der Waals surface area (Å²) >= 11 is 0. The highest BCUT2D eigenvalue weighted by molar-refractivity contribution is 7.92. The van der Waals surface area contributed by atoms with E-state index in [0.717, 1.165) is 11.3 Å². The standard InChI is InChI=1S/C25H27N3O5S/c1-17-8-11-20(27-18(2)29)16-24(17)34(31,32)28-23-7-5-4-6-22(23)25(30)26-15-14-19-9-12-21(33-3)13-10-19/h4-13,16,28H,14-15H2,1-3H3,(H,26,30)(H,27,29). The Labute approximate surface area is 199 Å². The Kier molecular flexibility index (Phi) is 7.91. The van der Waals surface area contributed by atoms with Crippen LogP contribution in [-0.2, 0) is 21.2 Å². The third-order valence-corrected chi connectivity index (χ3v) is 6.58. The van der Waals surface area contributed by atoms with Gasteiger partial charge in [-0.1, -0.05) is 30.3 Å². The second kappa shape index (κ2) is 10.8. The van der Waals surface area contributed by atoms with Gasteiger partial charge in [0, 0.05) is 19.2 Å². The van der Waals surface area contributed by atoms with E-state index < -0.39 is 15.9 Å². The van der Waals surface area contributed by atoms with Crippen LogP contribution < -0.4 is 20.1 Å². The minimum absolute atomic E-state index is 0.00784. The summed E-state index contributed by atoms with van der Waals surface area (Å²) in [4.78, 5) is 24.2. The molecule has 0 spiro atoms. The molecule has 34 heavy (non-hydrogen) atoms. The van der Waals surface area contributed by atoms with E-state index in [-0.39, 0.29) is 22.1 Å². The van der Waals surface area contributed by atoms with E-state index in [0.29, 0.717) is 24.2 Å². The molecule has 0 fully saturated rings. The van der Waals surface area contributed by atoms with Gasteiger partial charge in [0.15, 0.2) is 0 Å². The lowest BCUT2D eigenvalue weighted by Gasteiger charge is -2.15. The van der Waals surface area contributed by atoms with E-state index in [9.17, 15) is 18.0 Å². The highest BCUT2D eigenvalue weighted by Gasteiger charge is 2.21. The van der Waals surface area contributed by atoms with Gasteiger partial charge in [-0.15, -0.1) is 0 Å². The van der Waals surface area contributed by atoms with Crippen LogP contribution in [0.3, 0.4) is 0 Å². The highest BCUT2D eigenvalue weighted by atomic mass is 32.2.